The van der Waals surface area contributed by atoms with E-state index in [0.717, 1.165) is 5.56 Å². The van der Waals surface area contributed by atoms with Crippen molar-refractivity contribution in [1.29, 1.82) is 0 Å². The van der Waals surface area contributed by atoms with Crippen molar-refractivity contribution in [1.82, 2.24) is 10.6 Å². The zero-order valence-corrected chi connectivity index (χ0v) is 12.6. The summed E-state index contributed by atoms with van der Waals surface area (Å²) in [4.78, 5) is 34.4. The Hall–Kier alpha value is -2.57. The van der Waals surface area contributed by atoms with Crippen LogP contribution < -0.4 is 10.6 Å². The topological polar surface area (TPSA) is 93.7 Å². The van der Waals surface area contributed by atoms with Crippen LogP contribution in [0.1, 0.15) is 18.9 Å². The van der Waals surface area contributed by atoms with Gasteiger partial charge in [0.1, 0.15) is 19.2 Å². The number of ether oxygens (including phenoxy) is 2. The number of rotatable bonds is 7. The maximum Gasteiger partial charge on any atom is 0.407 e. The fraction of sp³-hybridized carbons (Fsp3) is 0.400. The molecule has 0 saturated carbocycles. The highest BCUT2D eigenvalue weighted by Gasteiger charge is 2.19. The molecule has 7 nitrogen and oxygen atoms in total. The number of amides is 2. The predicted octanol–water partition coefficient (Wildman–Crippen LogP) is 0.981. The van der Waals surface area contributed by atoms with Gasteiger partial charge in [-0.15, -0.1) is 0 Å². The third kappa shape index (κ3) is 6.25. The Morgan fingerprint density at radius 3 is 2.45 bits per heavy atom. The maximum atomic E-state index is 11.6. The molecule has 1 aromatic rings. The first kappa shape index (κ1) is 17.5. The van der Waals surface area contributed by atoms with Gasteiger partial charge in [-0.05, 0) is 12.0 Å². The average Bonchev–Trinajstić information content (AvgIpc) is 2.56. The summed E-state index contributed by atoms with van der Waals surface area (Å²) in [6, 6.07) is 8.45. The second-order valence-corrected chi connectivity index (χ2v) is 4.47. The van der Waals surface area contributed by atoms with E-state index in [9.17, 15) is 14.4 Å². The molecule has 0 radical (unpaired) electrons. The Kier molecular flexibility index (Phi) is 7.45. The van der Waals surface area contributed by atoms with Gasteiger partial charge in [0.25, 0.3) is 0 Å². The highest BCUT2D eigenvalue weighted by molar-refractivity contribution is 5.87. The van der Waals surface area contributed by atoms with Gasteiger partial charge < -0.3 is 20.1 Å². The Balaban J connectivity index is 2.28. The fourth-order valence-corrected chi connectivity index (χ4v) is 1.64. The summed E-state index contributed by atoms with van der Waals surface area (Å²) in [6.07, 6.45) is -0.304. The van der Waals surface area contributed by atoms with Crippen molar-refractivity contribution < 1.29 is 23.9 Å². The molecular formula is C15H20N2O5. The molecule has 2 N–H and O–H groups in total. The molecule has 22 heavy (non-hydrogen) atoms. The first-order valence-electron chi connectivity index (χ1n) is 6.88. The van der Waals surface area contributed by atoms with E-state index >= 15 is 0 Å². The molecule has 120 valence electrons. The molecular weight excluding hydrogens is 288 g/mol. The molecule has 0 unspecified atom stereocenters. The number of benzene rings is 1. The number of alkyl carbamates (subject to hydrolysis) is 1. The van der Waals surface area contributed by atoms with E-state index < -0.39 is 24.0 Å². The molecule has 1 aromatic carbocycles. The molecule has 0 bridgehead atoms. The van der Waals surface area contributed by atoms with Crippen LogP contribution in [0.2, 0.25) is 0 Å². The second-order valence-electron chi connectivity index (χ2n) is 4.47. The normalized spacial score (nSPS) is 11.2. The van der Waals surface area contributed by atoms with Crippen LogP contribution in [0.15, 0.2) is 30.3 Å². The number of carbonyl (C=O) groups excluding carboxylic acids is 3. The van der Waals surface area contributed by atoms with E-state index in [1.165, 1.54) is 7.11 Å². The summed E-state index contributed by atoms with van der Waals surface area (Å²) < 4.78 is 9.51. The van der Waals surface area contributed by atoms with E-state index in [1.54, 1.807) is 6.92 Å². The lowest BCUT2D eigenvalue weighted by Gasteiger charge is -2.14. The highest BCUT2D eigenvalue weighted by Crippen LogP contribution is 2.00. The van der Waals surface area contributed by atoms with Gasteiger partial charge in [-0.1, -0.05) is 37.3 Å². The number of nitrogens with one attached hydrogen (secondary N) is 2. The molecule has 0 spiro atoms. The van der Waals surface area contributed by atoms with Gasteiger partial charge in [0.05, 0.1) is 7.11 Å². The second kappa shape index (κ2) is 9.38. The third-order valence-corrected chi connectivity index (χ3v) is 2.84. The standard InChI is InChI=1S/C15H20N2O5/c1-3-12(14(19)21-2)17-13(18)9-16-15(20)22-10-11-7-5-4-6-8-11/h4-8,12H,3,9-10H2,1-2H3,(H,16,20)(H,17,18)/t12-/m1/s1. The minimum atomic E-state index is -0.723. The zero-order valence-electron chi connectivity index (χ0n) is 12.6. The van der Waals surface area contributed by atoms with Crippen LogP contribution in [-0.4, -0.2) is 37.7 Å². The van der Waals surface area contributed by atoms with Crippen molar-refractivity contribution in [2.75, 3.05) is 13.7 Å². The number of esters is 1. The van der Waals surface area contributed by atoms with Crippen molar-refractivity contribution in [2.24, 2.45) is 0 Å². The summed E-state index contributed by atoms with van der Waals surface area (Å²) in [5.41, 5.74) is 0.846. The van der Waals surface area contributed by atoms with Crippen molar-refractivity contribution in [3.8, 4) is 0 Å². The van der Waals surface area contributed by atoms with E-state index in [-0.39, 0.29) is 13.2 Å². The van der Waals surface area contributed by atoms with Gasteiger partial charge in [-0.25, -0.2) is 9.59 Å². The van der Waals surface area contributed by atoms with E-state index in [4.69, 9.17) is 4.74 Å². The summed E-state index contributed by atoms with van der Waals surface area (Å²) in [6.45, 7) is 1.58. The van der Waals surface area contributed by atoms with Crippen LogP contribution in [0, 0.1) is 0 Å². The first-order valence-corrected chi connectivity index (χ1v) is 6.88. The van der Waals surface area contributed by atoms with Crippen LogP contribution in [0.4, 0.5) is 4.79 Å². The molecule has 0 aliphatic rings. The summed E-state index contributed by atoms with van der Waals surface area (Å²) >= 11 is 0. The number of hydrogen-bond donors (Lipinski definition) is 2. The van der Waals surface area contributed by atoms with Crippen LogP contribution in [0.3, 0.4) is 0 Å². The number of hydrogen-bond acceptors (Lipinski definition) is 5. The van der Waals surface area contributed by atoms with E-state index in [2.05, 4.69) is 15.4 Å². The lowest BCUT2D eigenvalue weighted by Crippen LogP contribution is -2.45. The van der Waals surface area contributed by atoms with Gasteiger partial charge >= 0.3 is 12.1 Å². The van der Waals surface area contributed by atoms with Gasteiger partial charge in [0, 0.05) is 0 Å². The lowest BCUT2D eigenvalue weighted by molar-refractivity contribution is -0.145. The smallest absolute Gasteiger partial charge is 0.407 e. The Bertz CT molecular complexity index is 504. The minimum Gasteiger partial charge on any atom is -0.467 e. The predicted molar refractivity (Wildman–Crippen MR) is 78.9 cm³/mol. The fourth-order valence-electron chi connectivity index (χ4n) is 1.64. The van der Waals surface area contributed by atoms with Crippen molar-refractivity contribution in [3.63, 3.8) is 0 Å². The van der Waals surface area contributed by atoms with Gasteiger partial charge in [0.2, 0.25) is 5.91 Å². The lowest BCUT2D eigenvalue weighted by atomic mass is 10.2. The zero-order chi connectivity index (χ0) is 16.4. The molecule has 0 aliphatic carbocycles. The van der Waals surface area contributed by atoms with Crippen molar-refractivity contribution >= 4 is 18.0 Å². The molecule has 0 fully saturated rings. The Morgan fingerprint density at radius 1 is 1.18 bits per heavy atom. The maximum absolute atomic E-state index is 11.6. The molecule has 0 heterocycles. The van der Waals surface area contributed by atoms with Crippen LogP contribution >= 0.6 is 0 Å². The summed E-state index contributed by atoms with van der Waals surface area (Å²) in [5.74, 6) is -1.02. The largest absolute Gasteiger partial charge is 0.467 e. The average molecular weight is 308 g/mol. The monoisotopic (exact) mass is 308 g/mol. The highest BCUT2D eigenvalue weighted by atomic mass is 16.5. The number of carbonyl (C=O) groups is 3. The summed E-state index contributed by atoms with van der Waals surface area (Å²) in [7, 11) is 1.25. The third-order valence-electron chi connectivity index (χ3n) is 2.84. The van der Waals surface area contributed by atoms with E-state index in [1.807, 2.05) is 30.3 Å². The molecule has 2 amide bonds. The SMILES string of the molecule is CC[C@@H](NC(=O)CNC(=O)OCc1ccccc1)C(=O)OC. The van der Waals surface area contributed by atoms with E-state index in [0.29, 0.717) is 6.42 Å². The van der Waals surface area contributed by atoms with Gasteiger partial charge in [-0.3, -0.25) is 4.79 Å². The molecule has 1 rings (SSSR count). The van der Waals surface area contributed by atoms with Crippen LogP contribution in [0.25, 0.3) is 0 Å². The van der Waals surface area contributed by atoms with Crippen molar-refractivity contribution in [3.05, 3.63) is 35.9 Å². The number of methoxy groups -OCH3 is 1. The van der Waals surface area contributed by atoms with Crippen LogP contribution in [-0.2, 0) is 25.7 Å². The quantitative estimate of drug-likeness (QED) is 0.732. The molecule has 1 atom stereocenters. The van der Waals surface area contributed by atoms with Crippen LogP contribution in [0.5, 0.6) is 0 Å². The molecule has 0 aromatic heterocycles. The Labute approximate surface area is 129 Å². The molecule has 0 saturated heterocycles. The summed E-state index contributed by atoms with van der Waals surface area (Å²) in [5, 5.41) is 4.78. The molecule has 7 heteroatoms. The Morgan fingerprint density at radius 2 is 1.86 bits per heavy atom. The molecule has 0 aliphatic heterocycles. The van der Waals surface area contributed by atoms with Gasteiger partial charge in [-0.2, -0.15) is 0 Å². The minimum absolute atomic E-state index is 0.119. The first-order chi connectivity index (χ1) is 10.6. The van der Waals surface area contributed by atoms with Crippen molar-refractivity contribution in [2.45, 2.75) is 26.0 Å². The van der Waals surface area contributed by atoms with Gasteiger partial charge in [0.15, 0.2) is 0 Å².